The van der Waals surface area contributed by atoms with Crippen molar-refractivity contribution in [2.75, 3.05) is 6.54 Å². The number of amides is 1. The van der Waals surface area contributed by atoms with Crippen LogP contribution in [0, 0.1) is 6.92 Å². The molecule has 25 heavy (non-hydrogen) atoms. The fraction of sp³-hybridized carbons (Fsp3) is 0.167. The molecule has 0 aliphatic carbocycles. The number of aromatic amines is 1. The third kappa shape index (κ3) is 2.83. The summed E-state index contributed by atoms with van der Waals surface area (Å²) in [5, 5.41) is 5.74. The third-order valence-corrected chi connectivity index (χ3v) is 4.98. The maximum absolute atomic E-state index is 12.4. The van der Waals surface area contributed by atoms with Crippen molar-refractivity contribution in [3.8, 4) is 0 Å². The van der Waals surface area contributed by atoms with E-state index in [0.717, 1.165) is 16.6 Å². The van der Waals surface area contributed by atoms with Gasteiger partial charge in [0.25, 0.3) is 11.5 Å². The number of benzene rings is 1. The Morgan fingerprint density at radius 1 is 1.36 bits per heavy atom. The van der Waals surface area contributed by atoms with Gasteiger partial charge in [0, 0.05) is 52.9 Å². The van der Waals surface area contributed by atoms with Crippen molar-refractivity contribution in [3.05, 3.63) is 69.2 Å². The van der Waals surface area contributed by atoms with Crippen LogP contribution >= 0.6 is 11.3 Å². The Morgan fingerprint density at radius 2 is 2.20 bits per heavy atom. The van der Waals surface area contributed by atoms with Crippen molar-refractivity contribution in [2.24, 2.45) is 0 Å². The van der Waals surface area contributed by atoms with E-state index in [1.165, 1.54) is 17.4 Å². The van der Waals surface area contributed by atoms with E-state index >= 15 is 0 Å². The molecule has 6 nitrogen and oxygen atoms in total. The lowest BCUT2D eigenvalue weighted by Crippen LogP contribution is -2.26. The van der Waals surface area contributed by atoms with Gasteiger partial charge in [0.05, 0.1) is 5.56 Å². The van der Waals surface area contributed by atoms with Crippen LogP contribution in [0.3, 0.4) is 0 Å². The Hall–Kier alpha value is -2.93. The van der Waals surface area contributed by atoms with Gasteiger partial charge in [-0.3, -0.25) is 14.0 Å². The quantitative estimate of drug-likeness (QED) is 0.592. The van der Waals surface area contributed by atoms with Gasteiger partial charge in [-0.25, -0.2) is 4.98 Å². The largest absolute Gasteiger partial charge is 0.360 e. The second kappa shape index (κ2) is 6.18. The standard InChI is InChI=1S/C18H16N4O2S/c1-11-8-16(23)22-12(10-25-18(22)21-11)6-7-19-17(24)14-9-20-15-5-3-2-4-13(14)15/h2-5,8-10,20H,6-7H2,1H3,(H,19,24). The van der Waals surface area contributed by atoms with Crippen LogP contribution in [0.2, 0.25) is 0 Å². The molecule has 0 unspecified atom stereocenters. The molecule has 1 aromatic carbocycles. The Kier molecular flexibility index (Phi) is 3.85. The van der Waals surface area contributed by atoms with E-state index < -0.39 is 0 Å². The number of hydrogen-bond donors (Lipinski definition) is 2. The summed E-state index contributed by atoms with van der Waals surface area (Å²) in [7, 11) is 0. The lowest BCUT2D eigenvalue weighted by molar-refractivity contribution is 0.0955. The molecule has 2 N–H and O–H groups in total. The minimum atomic E-state index is -0.127. The normalized spacial score (nSPS) is 11.2. The zero-order valence-corrected chi connectivity index (χ0v) is 14.4. The maximum Gasteiger partial charge on any atom is 0.258 e. The molecule has 7 heteroatoms. The molecular weight excluding hydrogens is 336 g/mol. The Bertz CT molecular complexity index is 1140. The third-order valence-electron chi connectivity index (χ3n) is 4.10. The highest BCUT2D eigenvalue weighted by Crippen LogP contribution is 2.17. The zero-order chi connectivity index (χ0) is 17.4. The van der Waals surface area contributed by atoms with Crippen LogP contribution in [0.1, 0.15) is 21.7 Å². The van der Waals surface area contributed by atoms with Crippen LogP contribution in [-0.2, 0) is 6.42 Å². The number of carbonyl (C=O) groups is 1. The molecule has 0 saturated heterocycles. The van der Waals surface area contributed by atoms with Crippen LogP contribution in [-0.4, -0.2) is 26.8 Å². The fourth-order valence-corrected chi connectivity index (χ4v) is 3.89. The number of nitrogens with zero attached hydrogens (tertiary/aromatic N) is 2. The molecule has 0 bridgehead atoms. The molecule has 0 aliphatic heterocycles. The summed E-state index contributed by atoms with van der Waals surface area (Å²) in [6.07, 6.45) is 2.29. The zero-order valence-electron chi connectivity index (χ0n) is 13.6. The molecule has 0 atom stereocenters. The summed E-state index contributed by atoms with van der Waals surface area (Å²) < 4.78 is 1.61. The number of para-hydroxylation sites is 1. The Labute approximate surface area is 147 Å². The number of thiazole rings is 1. The van der Waals surface area contributed by atoms with Crippen molar-refractivity contribution < 1.29 is 4.79 Å². The number of nitrogens with one attached hydrogen (secondary N) is 2. The molecule has 126 valence electrons. The van der Waals surface area contributed by atoms with E-state index in [2.05, 4.69) is 15.3 Å². The first-order valence-corrected chi connectivity index (χ1v) is 8.82. The van der Waals surface area contributed by atoms with Crippen LogP contribution in [0.4, 0.5) is 0 Å². The Balaban J connectivity index is 1.49. The summed E-state index contributed by atoms with van der Waals surface area (Å²) in [5.41, 5.74) is 3.05. The minimum absolute atomic E-state index is 0.0818. The molecule has 3 aromatic heterocycles. The highest BCUT2D eigenvalue weighted by atomic mass is 32.1. The van der Waals surface area contributed by atoms with Gasteiger partial charge < -0.3 is 10.3 Å². The number of aromatic nitrogens is 3. The van der Waals surface area contributed by atoms with E-state index in [0.29, 0.717) is 29.2 Å². The summed E-state index contributed by atoms with van der Waals surface area (Å²) in [5.74, 6) is -0.127. The van der Waals surface area contributed by atoms with Gasteiger partial charge in [-0.05, 0) is 13.0 Å². The van der Waals surface area contributed by atoms with Crippen LogP contribution in [0.25, 0.3) is 15.9 Å². The fourth-order valence-electron chi connectivity index (χ4n) is 2.92. The van der Waals surface area contributed by atoms with Crippen molar-refractivity contribution in [2.45, 2.75) is 13.3 Å². The van der Waals surface area contributed by atoms with Gasteiger partial charge in [-0.2, -0.15) is 0 Å². The van der Waals surface area contributed by atoms with E-state index in [4.69, 9.17) is 0 Å². The number of hydrogen-bond acceptors (Lipinski definition) is 4. The molecule has 3 heterocycles. The van der Waals surface area contributed by atoms with E-state index in [1.54, 1.807) is 10.6 Å². The summed E-state index contributed by atoms with van der Waals surface area (Å²) in [6.45, 7) is 2.26. The number of rotatable bonds is 4. The smallest absolute Gasteiger partial charge is 0.258 e. The Morgan fingerprint density at radius 3 is 3.08 bits per heavy atom. The van der Waals surface area contributed by atoms with Gasteiger partial charge >= 0.3 is 0 Å². The first-order valence-electron chi connectivity index (χ1n) is 7.94. The highest BCUT2D eigenvalue weighted by molar-refractivity contribution is 7.15. The van der Waals surface area contributed by atoms with Gasteiger partial charge in [0.15, 0.2) is 4.96 Å². The predicted molar refractivity (Wildman–Crippen MR) is 98.4 cm³/mol. The highest BCUT2D eigenvalue weighted by Gasteiger charge is 2.12. The van der Waals surface area contributed by atoms with Crippen molar-refractivity contribution in [3.63, 3.8) is 0 Å². The van der Waals surface area contributed by atoms with E-state index in [-0.39, 0.29) is 11.5 Å². The summed E-state index contributed by atoms with van der Waals surface area (Å²) >= 11 is 1.43. The molecule has 4 rings (SSSR count). The lowest BCUT2D eigenvalue weighted by Gasteiger charge is -2.05. The van der Waals surface area contributed by atoms with Crippen molar-refractivity contribution in [1.29, 1.82) is 0 Å². The second-order valence-corrected chi connectivity index (χ2v) is 6.67. The number of fused-ring (bicyclic) bond motifs is 2. The first kappa shape index (κ1) is 15.6. The van der Waals surface area contributed by atoms with E-state index in [1.807, 2.05) is 36.6 Å². The molecule has 1 amide bonds. The predicted octanol–water partition coefficient (Wildman–Crippen LogP) is 2.52. The average molecular weight is 352 g/mol. The van der Waals surface area contributed by atoms with Gasteiger partial charge in [-0.1, -0.05) is 18.2 Å². The van der Waals surface area contributed by atoms with Gasteiger partial charge in [0.1, 0.15) is 0 Å². The average Bonchev–Trinajstić information content (AvgIpc) is 3.19. The van der Waals surface area contributed by atoms with Crippen molar-refractivity contribution in [1.82, 2.24) is 19.7 Å². The molecule has 0 spiro atoms. The maximum atomic E-state index is 12.4. The molecule has 0 saturated carbocycles. The minimum Gasteiger partial charge on any atom is -0.360 e. The van der Waals surface area contributed by atoms with E-state index in [9.17, 15) is 9.59 Å². The van der Waals surface area contributed by atoms with Gasteiger partial charge in [-0.15, -0.1) is 11.3 Å². The SMILES string of the molecule is Cc1cc(=O)n2c(CCNC(=O)c3c[nH]c4ccccc34)csc2n1. The van der Waals surface area contributed by atoms with Crippen LogP contribution in [0.15, 0.2) is 46.7 Å². The molecule has 4 aromatic rings. The molecular formula is C18H16N4O2S. The molecule has 0 fully saturated rings. The molecule has 0 aliphatic rings. The number of carbonyl (C=O) groups excluding carboxylic acids is 1. The summed E-state index contributed by atoms with van der Waals surface area (Å²) in [6, 6.07) is 9.21. The second-order valence-electron chi connectivity index (χ2n) is 5.83. The number of aryl methyl sites for hydroxylation is 1. The molecule has 0 radical (unpaired) electrons. The van der Waals surface area contributed by atoms with Crippen LogP contribution < -0.4 is 10.9 Å². The monoisotopic (exact) mass is 352 g/mol. The topological polar surface area (TPSA) is 79.3 Å². The number of H-pyrrole nitrogens is 1. The lowest BCUT2D eigenvalue weighted by atomic mass is 10.1. The summed E-state index contributed by atoms with van der Waals surface area (Å²) in [4.78, 5) is 32.7. The first-order chi connectivity index (χ1) is 12.1. The van der Waals surface area contributed by atoms with Gasteiger partial charge in [0.2, 0.25) is 0 Å². The van der Waals surface area contributed by atoms with Crippen LogP contribution in [0.5, 0.6) is 0 Å². The van der Waals surface area contributed by atoms with Crippen molar-refractivity contribution >= 4 is 33.1 Å².